The lowest BCUT2D eigenvalue weighted by molar-refractivity contribution is 0.102. The fraction of sp³-hybridized carbons (Fsp3) is 0. The number of amides is 1. The minimum absolute atomic E-state index is 0.0126. The van der Waals surface area contributed by atoms with Crippen molar-refractivity contribution >= 4 is 34.6 Å². The molecule has 26 heavy (non-hydrogen) atoms. The van der Waals surface area contributed by atoms with Gasteiger partial charge in [-0.1, -0.05) is 17.7 Å². The highest BCUT2D eigenvalue weighted by molar-refractivity contribution is 6.31. The number of carbonyl (C=O) groups is 1. The molecule has 1 heterocycles. The van der Waals surface area contributed by atoms with Crippen molar-refractivity contribution in [3.05, 3.63) is 82.9 Å². The molecule has 0 aliphatic heterocycles. The summed E-state index contributed by atoms with van der Waals surface area (Å²) in [6.07, 6.45) is 1.48. The predicted octanol–water partition coefficient (Wildman–Crippen LogP) is 4.74. The van der Waals surface area contributed by atoms with Crippen LogP contribution in [0.2, 0.25) is 5.02 Å². The van der Waals surface area contributed by atoms with E-state index in [1.807, 2.05) is 6.07 Å². The van der Waals surface area contributed by atoms with Crippen LogP contribution >= 0.6 is 11.6 Å². The zero-order chi connectivity index (χ0) is 18.5. The van der Waals surface area contributed by atoms with Crippen LogP contribution in [0.5, 0.6) is 0 Å². The molecule has 0 fully saturated rings. The van der Waals surface area contributed by atoms with E-state index in [-0.39, 0.29) is 10.7 Å². The number of nitrogens with one attached hydrogen (secondary N) is 2. The van der Waals surface area contributed by atoms with E-state index in [2.05, 4.69) is 15.6 Å². The van der Waals surface area contributed by atoms with Crippen molar-refractivity contribution in [2.75, 3.05) is 10.6 Å². The normalized spacial score (nSPS) is 10.0. The van der Waals surface area contributed by atoms with Crippen molar-refractivity contribution in [2.24, 2.45) is 0 Å². The number of halogens is 2. The topological polar surface area (TPSA) is 77.8 Å². The number of hydrogen-bond donors (Lipinski definition) is 2. The van der Waals surface area contributed by atoms with Gasteiger partial charge in [-0.05, 0) is 48.5 Å². The van der Waals surface area contributed by atoms with Crippen LogP contribution in [0.3, 0.4) is 0 Å². The Labute approximate surface area is 154 Å². The number of nitriles is 1. The molecule has 2 N–H and O–H groups in total. The third-order valence-electron chi connectivity index (χ3n) is 3.45. The molecule has 0 aliphatic carbocycles. The first-order valence-electron chi connectivity index (χ1n) is 7.55. The minimum Gasteiger partial charge on any atom is -0.354 e. The molecule has 5 nitrogen and oxygen atoms in total. The Bertz CT molecular complexity index is 999. The summed E-state index contributed by atoms with van der Waals surface area (Å²) in [6, 6.07) is 16.1. The quantitative estimate of drug-likeness (QED) is 0.699. The molecule has 0 aliphatic rings. The summed E-state index contributed by atoms with van der Waals surface area (Å²) in [6.45, 7) is 0. The van der Waals surface area contributed by atoms with Crippen molar-refractivity contribution in [3.8, 4) is 6.07 Å². The van der Waals surface area contributed by atoms with Crippen molar-refractivity contribution in [2.45, 2.75) is 0 Å². The summed E-state index contributed by atoms with van der Waals surface area (Å²) in [5.74, 6) is -0.890. The number of rotatable bonds is 4. The zero-order valence-electron chi connectivity index (χ0n) is 13.3. The van der Waals surface area contributed by atoms with Gasteiger partial charge in [0, 0.05) is 11.4 Å². The monoisotopic (exact) mass is 366 g/mol. The second kappa shape index (κ2) is 7.64. The van der Waals surface area contributed by atoms with Gasteiger partial charge in [0.05, 0.1) is 28.5 Å². The number of benzene rings is 2. The molecule has 0 unspecified atom stereocenters. The van der Waals surface area contributed by atoms with E-state index in [1.54, 1.807) is 42.5 Å². The maximum atomic E-state index is 13.2. The van der Waals surface area contributed by atoms with Gasteiger partial charge in [-0.3, -0.25) is 4.79 Å². The molecule has 3 rings (SSSR count). The predicted molar refractivity (Wildman–Crippen MR) is 98.0 cm³/mol. The molecular formula is C19H12ClFN4O. The maximum Gasteiger partial charge on any atom is 0.274 e. The van der Waals surface area contributed by atoms with Crippen molar-refractivity contribution in [1.29, 1.82) is 5.26 Å². The SMILES string of the molecule is N#Cc1cccc(NC(=O)c2ccc(Nc3ccc(F)c(Cl)c3)cn2)c1. The number of hydrogen-bond acceptors (Lipinski definition) is 4. The van der Waals surface area contributed by atoms with E-state index in [0.717, 1.165) is 0 Å². The van der Waals surface area contributed by atoms with Gasteiger partial charge in [0.2, 0.25) is 0 Å². The summed E-state index contributed by atoms with van der Waals surface area (Å²) >= 11 is 5.74. The number of aromatic nitrogens is 1. The lowest BCUT2D eigenvalue weighted by Gasteiger charge is -2.08. The Kier molecular flexibility index (Phi) is 5.11. The second-order valence-electron chi connectivity index (χ2n) is 5.33. The van der Waals surface area contributed by atoms with Crippen LogP contribution in [0, 0.1) is 17.1 Å². The van der Waals surface area contributed by atoms with Crippen LogP contribution in [-0.4, -0.2) is 10.9 Å². The van der Waals surface area contributed by atoms with E-state index in [1.165, 1.54) is 18.3 Å². The van der Waals surface area contributed by atoms with Gasteiger partial charge in [-0.2, -0.15) is 5.26 Å². The number of anilines is 3. The fourth-order valence-electron chi connectivity index (χ4n) is 2.20. The third kappa shape index (κ3) is 4.15. The molecular weight excluding hydrogens is 355 g/mol. The molecule has 3 aromatic rings. The first-order valence-corrected chi connectivity index (χ1v) is 7.92. The van der Waals surface area contributed by atoms with Crippen LogP contribution in [0.4, 0.5) is 21.5 Å². The van der Waals surface area contributed by atoms with Gasteiger partial charge in [-0.25, -0.2) is 9.37 Å². The Morgan fingerprint density at radius 2 is 1.88 bits per heavy atom. The van der Waals surface area contributed by atoms with Gasteiger partial charge >= 0.3 is 0 Å². The van der Waals surface area contributed by atoms with E-state index >= 15 is 0 Å². The summed E-state index contributed by atoms with van der Waals surface area (Å²) in [7, 11) is 0. The molecule has 0 spiro atoms. The van der Waals surface area contributed by atoms with Gasteiger partial charge in [0.25, 0.3) is 5.91 Å². The van der Waals surface area contributed by atoms with Crippen LogP contribution in [0.25, 0.3) is 0 Å². The van der Waals surface area contributed by atoms with Crippen LogP contribution < -0.4 is 10.6 Å². The smallest absolute Gasteiger partial charge is 0.274 e. The van der Waals surface area contributed by atoms with Gasteiger partial charge < -0.3 is 10.6 Å². The van der Waals surface area contributed by atoms with Gasteiger partial charge in [0.15, 0.2) is 0 Å². The highest BCUT2D eigenvalue weighted by atomic mass is 35.5. The molecule has 2 aromatic carbocycles. The Hall–Kier alpha value is -3.43. The van der Waals surface area contributed by atoms with E-state index in [0.29, 0.717) is 22.6 Å². The average Bonchev–Trinajstić information content (AvgIpc) is 2.65. The first-order chi connectivity index (χ1) is 12.5. The zero-order valence-corrected chi connectivity index (χ0v) is 14.1. The fourth-order valence-corrected chi connectivity index (χ4v) is 2.38. The summed E-state index contributed by atoms with van der Waals surface area (Å²) < 4.78 is 13.2. The third-order valence-corrected chi connectivity index (χ3v) is 3.74. The lowest BCUT2D eigenvalue weighted by Crippen LogP contribution is -2.13. The molecule has 7 heteroatoms. The van der Waals surface area contributed by atoms with Crippen molar-refractivity contribution in [3.63, 3.8) is 0 Å². The Balaban J connectivity index is 1.69. The molecule has 128 valence electrons. The molecule has 1 aromatic heterocycles. The highest BCUT2D eigenvalue weighted by Crippen LogP contribution is 2.22. The van der Waals surface area contributed by atoms with E-state index in [9.17, 15) is 9.18 Å². The van der Waals surface area contributed by atoms with Crippen molar-refractivity contribution in [1.82, 2.24) is 4.98 Å². The van der Waals surface area contributed by atoms with E-state index in [4.69, 9.17) is 16.9 Å². The second-order valence-corrected chi connectivity index (χ2v) is 5.74. The highest BCUT2D eigenvalue weighted by Gasteiger charge is 2.08. The molecule has 0 radical (unpaired) electrons. The summed E-state index contributed by atoms with van der Waals surface area (Å²) in [5, 5.41) is 14.6. The molecule has 0 atom stereocenters. The molecule has 1 amide bonds. The number of nitrogens with zero attached hydrogens (tertiary/aromatic N) is 2. The minimum atomic E-state index is -0.497. The number of carbonyl (C=O) groups excluding carboxylic acids is 1. The van der Waals surface area contributed by atoms with E-state index < -0.39 is 11.7 Å². The first kappa shape index (κ1) is 17.4. The summed E-state index contributed by atoms with van der Waals surface area (Å²) in [4.78, 5) is 16.3. The number of pyridine rings is 1. The Morgan fingerprint density at radius 3 is 2.58 bits per heavy atom. The molecule has 0 saturated carbocycles. The summed E-state index contributed by atoms with van der Waals surface area (Å²) in [5.41, 5.74) is 2.40. The Morgan fingerprint density at radius 1 is 1.08 bits per heavy atom. The van der Waals surface area contributed by atoms with Gasteiger partial charge in [-0.15, -0.1) is 0 Å². The molecule has 0 saturated heterocycles. The maximum absolute atomic E-state index is 13.2. The van der Waals surface area contributed by atoms with Crippen LogP contribution in [0.15, 0.2) is 60.8 Å². The van der Waals surface area contributed by atoms with Crippen LogP contribution in [0.1, 0.15) is 16.1 Å². The largest absolute Gasteiger partial charge is 0.354 e. The van der Waals surface area contributed by atoms with Crippen LogP contribution in [-0.2, 0) is 0 Å². The standard InChI is InChI=1S/C19H12ClFN4O/c20-16-9-14(4-6-17(16)21)24-15-5-7-18(23-11-15)19(26)25-13-3-1-2-12(8-13)10-22/h1-9,11,24H,(H,25,26). The van der Waals surface area contributed by atoms with Crippen molar-refractivity contribution < 1.29 is 9.18 Å². The average molecular weight is 367 g/mol. The lowest BCUT2D eigenvalue weighted by atomic mass is 10.2. The van der Waals surface area contributed by atoms with Gasteiger partial charge in [0.1, 0.15) is 11.5 Å². The molecule has 0 bridgehead atoms.